The average Bonchev–Trinajstić information content (AvgIpc) is 2.90. The largest absolute Gasteiger partial charge is 0.487 e. The van der Waals surface area contributed by atoms with Crippen molar-refractivity contribution in [3.63, 3.8) is 0 Å². The average molecular weight is 407 g/mol. The first-order chi connectivity index (χ1) is 14.6. The van der Waals surface area contributed by atoms with Gasteiger partial charge in [0, 0.05) is 28.8 Å². The summed E-state index contributed by atoms with van der Waals surface area (Å²) in [4.78, 5) is 12.5. The van der Waals surface area contributed by atoms with Gasteiger partial charge in [0.1, 0.15) is 37.1 Å². The summed E-state index contributed by atoms with van der Waals surface area (Å²) in [7, 11) is 0. The third kappa shape index (κ3) is 3.31. The van der Waals surface area contributed by atoms with E-state index in [1.807, 2.05) is 0 Å². The van der Waals surface area contributed by atoms with Gasteiger partial charge < -0.3 is 14.6 Å². The third-order valence-corrected chi connectivity index (χ3v) is 4.94. The summed E-state index contributed by atoms with van der Waals surface area (Å²) < 4.78 is 38.4. The van der Waals surface area contributed by atoms with E-state index in [2.05, 4.69) is 15.0 Å². The van der Waals surface area contributed by atoms with Crippen LogP contribution in [0, 0.1) is 11.6 Å². The molecule has 0 amide bonds. The van der Waals surface area contributed by atoms with Crippen molar-refractivity contribution >= 4 is 10.9 Å². The molecule has 0 saturated carbocycles. The lowest BCUT2D eigenvalue weighted by Crippen LogP contribution is -2.04. The van der Waals surface area contributed by atoms with Gasteiger partial charge in [-0.1, -0.05) is 6.07 Å². The van der Waals surface area contributed by atoms with Crippen LogP contribution >= 0.6 is 0 Å². The van der Waals surface area contributed by atoms with E-state index in [0.29, 0.717) is 44.9 Å². The highest BCUT2D eigenvalue weighted by atomic mass is 19.2. The topological polar surface area (TPSA) is 77.4 Å². The fraction of sp³-hybridized carbons (Fsp3) is 0.136. The van der Waals surface area contributed by atoms with Crippen LogP contribution in [0.3, 0.4) is 0 Å². The van der Waals surface area contributed by atoms with Crippen LogP contribution in [0.15, 0.2) is 55.0 Å². The number of aliphatic hydroxyl groups excluding tert-OH is 1. The van der Waals surface area contributed by atoms with Gasteiger partial charge in [-0.15, -0.1) is 0 Å². The van der Waals surface area contributed by atoms with Crippen molar-refractivity contribution in [3.8, 4) is 11.5 Å². The number of rotatable bonds is 3. The van der Waals surface area contributed by atoms with Crippen LogP contribution in [0.5, 0.6) is 11.5 Å². The lowest BCUT2D eigenvalue weighted by atomic mass is 10.0. The maximum atomic E-state index is 13.5. The van der Waals surface area contributed by atoms with E-state index in [9.17, 15) is 13.9 Å². The van der Waals surface area contributed by atoms with Crippen LogP contribution in [-0.4, -0.2) is 20.1 Å². The fourth-order valence-corrected chi connectivity index (χ4v) is 3.39. The van der Waals surface area contributed by atoms with E-state index in [1.54, 1.807) is 36.5 Å². The molecule has 0 aliphatic carbocycles. The smallest absolute Gasteiger partial charge is 0.161 e. The van der Waals surface area contributed by atoms with Crippen LogP contribution in [0.2, 0.25) is 0 Å². The summed E-state index contributed by atoms with van der Waals surface area (Å²) in [6.07, 6.45) is 2.04. The highest BCUT2D eigenvalue weighted by molar-refractivity contribution is 5.78. The van der Waals surface area contributed by atoms with Crippen molar-refractivity contribution in [2.75, 3.05) is 0 Å². The summed E-state index contributed by atoms with van der Waals surface area (Å²) in [5.41, 5.74) is 2.65. The number of ether oxygens (including phenoxy) is 2. The number of halogens is 2. The molecular formula is C22H15F2N3O3. The Hall–Kier alpha value is -3.65. The Morgan fingerprint density at radius 3 is 2.83 bits per heavy atom. The Morgan fingerprint density at radius 2 is 1.93 bits per heavy atom. The predicted molar refractivity (Wildman–Crippen MR) is 103 cm³/mol. The van der Waals surface area contributed by atoms with Crippen molar-refractivity contribution in [1.29, 1.82) is 0 Å². The van der Waals surface area contributed by atoms with Gasteiger partial charge in [0.25, 0.3) is 0 Å². The molecule has 8 heteroatoms. The molecule has 0 bridgehead atoms. The number of aliphatic hydroxyl groups is 1. The maximum absolute atomic E-state index is 13.5. The summed E-state index contributed by atoms with van der Waals surface area (Å²) >= 11 is 0. The highest BCUT2D eigenvalue weighted by Crippen LogP contribution is 2.37. The van der Waals surface area contributed by atoms with Crippen LogP contribution in [0.1, 0.15) is 28.6 Å². The molecule has 30 heavy (non-hydrogen) atoms. The van der Waals surface area contributed by atoms with Gasteiger partial charge in [0.15, 0.2) is 11.6 Å². The van der Waals surface area contributed by atoms with E-state index < -0.39 is 17.7 Å². The number of hydrogen-bond acceptors (Lipinski definition) is 6. The lowest BCUT2D eigenvalue weighted by molar-refractivity contribution is 0.216. The van der Waals surface area contributed by atoms with Crippen molar-refractivity contribution < 1.29 is 23.4 Å². The zero-order valence-corrected chi connectivity index (χ0v) is 15.5. The van der Waals surface area contributed by atoms with Crippen molar-refractivity contribution in [2.45, 2.75) is 19.3 Å². The molecular weight excluding hydrogens is 392 g/mol. The summed E-state index contributed by atoms with van der Waals surface area (Å²) in [6.45, 7) is 0.352. The van der Waals surface area contributed by atoms with E-state index in [1.165, 1.54) is 6.33 Å². The van der Waals surface area contributed by atoms with Gasteiger partial charge in [-0.05, 0) is 30.3 Å². The highest BCUT2D eigenvalue weighted by Gasteiger charge is 2.24. The van der Waals surface area contributed by atoms with Gasteiger partial charge in [0.2, 0.25) is 0 Å². The minimum absolute atomic E-state index is 0.115. The standard InChI is InChI=1S/C22H15F2N3O3/c23-17-5-12-1-2-13(27-19(12)7-18(17)24)9-29-14-3-4-21-15(6-14)22(28)16-8-25-11-26-20(16)10-30-21/h1-8,11,22,28H,9-10H2. The van der Waals surface area contributed by atoms with E-state index in [-0.39, 0.29) is 13.2 Å². The molecule has 1 atom stereocenters. The van der Waals surface area contributed by atoms with Gasteiger partial charge in [-0.3, -0.25) is 0 Å². The number of benzene rings is 2. The van der Waals surface area contributed by atoms with E-state index >= 15 is 0 Å². The number of aromatic nitrogens is 3. The third-order valence-electron chi connectivity index (χ3n) is 4.94. The second-order valence-corrected chi connectivity index (χ2v) is 6.87. The normalized spacial score (nSPS) is 15.1. The number of hydrogen-bond donors (Lipinski definition) is 1. The molecule has 0 saturated heterocycles. The fourth-order valence-electron chi connectivity index (χ4n) is 3.39. The monoisotopic (exact) mass is 407 g/mol. The Bertz CT molecular complexity index is 1270. The van der Waals surface area contributed by atoms with Gasteiger partial charge in [-0.2, -0.15) is 0 Å². The van der Waals surface area contributed by atoms with Crippen LogP contribution in [0.4, 0.5) is 8.78 Å². The second-order valence-electron chi connectivity index (χ2n) is 6.87. The Kier molecular flexibility index (Phi) is 4.48. The minimum atomic E-state index is -0.947. The first-order valence-corrected chi connectivity index (χ1v) is 9.19. The van der Waals surface area contributed by atoms with Crippen LogP contribution < -0.4 is 9.47 Å². The molecule has 2 aromatic heterocycles. The number of fused-ring (bicyclic) bond motifs is 3. The molecule has 5 rings (SSSR count). The first-order valence-electron chi connectivity index (χ1n) is 9.19. The van der Waals surface area contributed by atoms with Gasteiger partial charge >= 0.3 is 0 Å². The molecule has 6 nitrogen and oxygen atoms in total. The summed E-state index contributed by atoms with van der Waals surface area (Å²) in [5.74, 6) is -0.818. The molecule has 0 radical (unpaired) electrons. The molecule has 4 aromatic rings. The SMILES string of the molecule is OC1c2cc(OCc3ccc4cc(F)c(F)cc4n3)ccc2OCc2ncncc21. The Balaban J connectivity index is 1.39. The zero-order chi connectivity index (χ0) is 20.7. The predicted octanol–water partition coefficient (Wildman–Crippen LogP) is 3.86. The van der Waals surface area contributed by atoms with Gasteiger partial charge in [-0.25, -0.2) is 23.7 Å². The molecule has 1 N–H and O–H groups in total. The molecule has 0 spiro atoms. The van der Waals surface area contributed by atoms with Gasteiger partial charge in [0.05, 0.1) is 16.9 Å². The quantitative estimate of drug-likeness (QED) is 0.556. The van der Waals surface area contributed by atoms with Crippen LogP contribution in [0.25, 0.3) is 10.9 Å². The minimum Gasteiger partial charge on any atom is -0.487 e. The lowest BCUT2D eigenvalue weighted by Gasteiger charge is -2.14. The molecule has 1 aliphatic heterocycles. The first kappa shape index (κ1) is 18.4. The summed E-state index contributed by atoms with van der Waals surface area (Å²) in [5, 5.41) is 11.3. The second kappa shape index (κ2) is 7.31. The van der Waals surface area contributed by atoms with Crippen molar-refractivity contribution in [3.05, 3.63) is 89.1 Å². The Labute approximate surface area is 169 Å². The molecule has 3 heterocycles. The molecule has 150 valence electrons. The summed E-state index contributed by atoms with van der Waals surface area (Å²) in [6, 6.07) is 10.7. The Morgan fingerprint density at radius 1 is 1.07 bits per heavy atom. The molecule has 2 aromatic carbocycles. The number of pyridine rings is 1. The van der Waals surface area contributed by atoms with E-state index in [0.717, 1.165) is 12.1 Å². The van der Waals surface area contributed by atoms with E-state index in [4.69, 9.17) is 9.47 Å². The van der Waals surface area contributed by atoms with Crippen molar-refractivity contribution in [1.82, 2.24) is 15.0 Å². The number of nitrogens with zero attached hydrogens (tertiary/aromatic N) is 3. The molecule has 1 aliphatic rings. The molecule has 0 fully saturated rings. The van der Waals surface area contributed by atoms with Crippen molar-refractivity contribution in [2.24, 2.45) is 0 Å². The zero-order valence-electron chi connectivity index (χ0n) is 15.5. The molecule has 1 unspecified atom stereocenters. The van der Waals surface area contributed by atoms with Crippen LogP contribution in [-0.2, 0) is 13.2 Å². The maximum Gasteiger partial charge on any atom is 0.161 e.